The molecule has 0 saturated carbocycles. The van der Waals surface area contributed by atoms with Crippen LogP contribution in [0, 0.1) is 6.92 Å². The molecule has 0 N–H and O–H groups in total. The van der Waals surface area contributed by atoms with Crippen molar-refractivity contribution < 1.29 is 0 Å². The van der Waals surface area contributed by atoms with E-state index in [0.29, 0.717) is 5.15 Å². The average molecular weight is 249 g/mol. The first-order valence-electron chi connectivity index (χ1n) is 5.97. The predicted octanol–water partition coefficient (Wildman–Crippen LogP) is 3.85. The lowest BCUT2D eigenvalue weighted by molar-refractivity contribution is 0.668. The third-order valence-corrected chi connectivity index (χ3v) is 3.04. The van der Waals surface area contributed by atoms with E-state index in [2.05, 4.69) is 43.2 Å². The van der Waals surface area contributed by atoms with Crippen LogP contribution in [-0.4, -0.2) is 9.78 Å². The Morgan fingerprint density at radius 1 is 1.24 bits per heavy atom. The molecule has 0 fully saturated rings. The van der Waals surface area contributed by atoms with Gasteiger partial charge in [0.05, 0.1) is 12.2 Å². The summed E-state index contributed by atoms with van der Waals surface area (Å²) in [7, 11) is 0. The third kappa shape index (κ3) is 3.10. The smallest absolute Gasteiger partial charge is 0.127 e. The zero-order valence-corrected chi connectivity index (χ0v) is 11.0. The Balaban J connectivity index is 2.15. The highest BCUT2D eigenvalue weighted by Gasteiger charge is 2.05. The Morgan fingerprint density at radius 3 is 2.59 bits per heavy atom. The van der Waals surface area contributed by atoms with E-state index in [1.165, 1.54) is 11.1 Å². The summed E-state index contributed by atoms with van der Waals surface area (Å²) in [6.07, 6.45) is 2.08. The van der Waals surface area contributed by atoms with Gasteiger partial charge in [-0.1, -0.05) is 54.8 Å². The Labute approximate surface area is 107 Å². The minimum absolute atomic E-state index is 0.717. The van der Waals surface area contributed by atoms with E-state index in [0.717, 1.165) is 25.1 Å². The molecule has 2 nitrogen and oxygen atoms in total. The lowest BCUT2D eigenvalue weighted by Gasteiger charge is -2.03. The number of hydrogen-bond acceptors (Lipinski definition) is 1. The summed E-state index contributed by atoms with van der Waals surface area (Å²) >= 11 is 6.16. The van der Waals surface area contributed by atoms with Crippen molar-refractivity contribution in [3.63, 3.8) is 0 Å². The second-order valence-electron chi connectivity index (χ2n) is 4.35. The fourth-order valence-electron chi connectivity index (χ4n) is 1.80. The van der Waals surface area contributed by atoms with Crippen LogP contribution in [0.2, 0.25) is 5.15 Å². The van der Waals surface area contributed by atoms with Gasteiger partial charge < -0.3 is 0 Å². The number of aromatic nitrogens is 2. The fraction of sp³-hybridized carbons (Fsp3) is 0.357. The number of nitrogens with zero attached hydrogens (tertiary/aromatic N) is 2. The van der Waals surface area contributed by atoms with Crippen LogP contribution in [-0.2, 0) is 13.0 Å². The molecule has 0 spiro atoms. The summed E-state index contributed by atoms with van der Waals surface area (Å²) < 4.78 is 1.86. The third-order valence-electron chi connectivity index (χ3n) is 2.74. The summed E-state index contributed by atoms with van der Waals surface area (Å²) in [5.41, 5.74) is 3.57. The molecule has 0 unspecified atom stereocenters. The van der Waals surface area contributed by atoms with E-state index in [1.807, 2.05) is 10.7 Å². The first-order valence-corrected chi connectivity index (χ1v) is 6.34. The maximum Gasteiger partial charge on any atom is 0.127 e. The van der Waals surface area contributed by atoms with Crippen molar-refractivity contribution >= 4 is 11.6 Å². The van der Waals surface area contributed by atoms with Gasteiger partial charge in [-0.25, -0.2) is 4.68 Å². The van der Waals surface area contributed by atoms with Crippen LogP contribution in [0.4, 0.5) is 0 Å². The molecule has 0 radical (unpaired) electrons. The van der Waals surface area contributed by atoms with Crippen LogP contribution >= 0.6 is 11.6 Å². The largest absolute Gasteiger partial charge is 0.249 e. The van der Waals surface area contributed by atoms with Crippen molar-refractivity contribution in [3.8, 4) is 0 Å². The van der Waals surface area contributed by atoms with Gasteiger partial charge >= 0.3 is 0 Å². The van der Waals surface area contributed by atoms with Crippen LogP contribution in [0.1, 0.15) is 30.2 Å². The second-order valence-corrected chi connectivity index (χ2v) is 4.74. The molecule has 17 heavy (non-hydrogen) atoms. The van der Waals surface area contributed by atoms with Crippen molar-refractivity contribution in [2.75, 3.05) is 0 Å². The highest BCUT2D eigenvalue weighted by atomic mass is 35.5. The van der Waals surface area contributed by atoms with Crippen molar-refractivity contribution in [2.24, 2.45) is 0 Å². The van der Waals surface area contributed by atoms with Gasteiger partial charge in [-0.3, -0.25) is 0 Å². The highest BCUT2D eigenvalue weighted by Crippen LogP contribution is 2.15. The predicted molar refractivity (Wildman–Crippen MR) is 71.5 cm³/mol. The normalized spacial score (nSPS) is 10.8. The number of rotatable bonds is 4. The molecule has 0 atom stereocenters. The van der Waals surface area contributed by atoms with Gasteiger partial charge in [-0.2, -0.15) is 5.10 Å². The van der Waals surface area contributed by atoms with Crippen LogP contribution in [0.15, 0.2) is 30.3 Å². The molecule has 90 valence electrons. The molecule has 3 heteroatoms. The number of halogens is 1. The molecule has 0 aliphatic carbocycles. The Hall–Kier alpha value is -1.28. The second kappa shape index (κ2) is 5.37. The standard InChI is InChI=1S/C14H17ClN2/c1-3-4-13-9-14(15)17(16-13)10-12-7-5-11(2)6-8-12/h5-9H,3-4,10H2,1-2H3. The van der Waals surface area contributed by atoms with Gasteiger partial charge in [0, 0.05) is 0 Å². The Morgan fingerprint density at radius 2 is 1.94 bits per heavy atom. The van der Waals surface area contributed by atoms with E-state index < -0.39 is 0 Å². The maximum atomic E-state index is 6.16. The fourth-order valence-corrected chi connectivity index (χ4v) is 2.02. The van der Waals surface area contributed by atoms with E-state index in [9.17, 15) is 0 Å². The first kappa shape index (κ1) is 12.2. The van der Waals surface area contributed by atoms with Crippen molar-refractivity contribution in [2.45, 2.75) is 33.2 Å². The Bertz CT molecular complexity index is 485. The summed E-state index contributed by atoms with van der Waals surface area (Å²) in [6, 6.07) is 10.4. The van der Waals surface area contributed by atoms with Crippen LogP contribution in [0.5, 0.6) is 0 Å². The van der Waals surface area contributed by atoms with Gasteiger partial charge in [0.25, 0.3) is 0 Å². The summed E-state index contributed by atoms with van der Waals surface area (Å²) in [4.78, 5) is 0. The van der Waals surface area contributed by atoms with Gasteiger partial charge in [-0.05, 0) is 25.0 Å². The van der Waals surface area contributed by atoms with Crippen LogP contribution in [0.3, 0.4) is 0 Å². The molecule has 0 aliphatic rings. The summed E-state index contributed by atoms with van der Waals surface area (Å²) in [5, 5.41) is 5.22. The van der Waals surface area contributed by atoms with Gasteiger partial charge in [0.15, 0.2) is 0 Å². The quantitative estimate of drug-likeness (QED) is 0.804. The minimum atomic E-state index is 0.717. The van der Waals surface area contributed by atoms with E-state index in [4.69, 9.17) is 11.6 Å². The van der Waals surface area contributed by atoms with Crippen molar-refractivity contribution in [1.82, 2.24) is 9.78 Å². The summed E-state index contributed by atoms with van der Waals surface area (Å²) in [5.74, 6) is 0. The zero-order chi connectivity index (χ0) is 12.3. The van der Waals surface area contributed by atoms with Crippen LogP contribution in [0.25, 0.3) is 0 Å². The van der Waals surface area contributed by atoms with Gasteiger partial charge in [-0.15, -0.1) is 0 Å². The molecule has 1 aromatic heterocycles. The molecule has 0 bridgehead atoms. The lowest BCUT2D eigenvalue weighted by Crippen LogP contribution is -2.02. The van der Waals surface area contributed by atoms with Crippen molar-refractivity contribution in [1.29, 1.82) is 0 Å². The number of benzene rings is 1. The first-order chi connectivity index (χ1) is 8.19. The minimum Gasteiger partial charge on any atom is -0.249 e. The Kier molecular flexibility index (Phi) is 3.85. The molecule has 0 saturated heterocycles. The molecular formula is C14H17ClN2. The number of hydrogen-bond donors (Lipinski definition) is 0. The van der Waals surface area contributed by atoms with Gasteiger partial charge in [0.2, 0.25) is 0 Å². The monoisotopic (exact) mass is 248 g/mol. The molecular weight excluding hydrogens is 232 g/mol. The maximum absolute atomic E-state index is 6.16. The molecule has 1 heterocycles. The van der Waals surface area contributed by atoms with E-state index in [-0.39, 0.29) is 0 Å². The number of aryl methyl sites for hydroxylation is 2. The molecule has 1 aromatic carbocycles. The molecule has 0 amide bonds. The van der Waals surface area contributed by atoms with Gasteiger partial charge in [0.1, 0.15) is 5.15 Å². The topological polar surface area (TPSA) is 17.8 Å². The van der Waals surface area contributed by atoms with Crippen LogP contribution < -0.4 is 0 Å². The van der Waals surface area contributed by atoms with E-state index in [1.54, 1.807) is 0 Å². The molecule has 2 rings (SSSR count). The highest BCUT2D eigenvalue weighted by molar-refractivity contribution is 6.29. The summed E-state index contributed by atoms with van der Waals surface area (Å²) in [6.45, 7) is 4.97. The molecule has 0 aliphatic heterocycles. The molecule has 2 aromatic rings. The SMILES string of the molecule is CCCc1cc(Cl)n(Cc2ccc(C)cc2)n1. The van der Waals surface area contributed by atoms with E-state index >= 15 is 0 Å². The lowest BCUT2D eigenvalue weighted by atomic mass is 10.1. The average Bonchev–Trinajstić information content (AvgIpc) is 2.63. The van der Waals surface area contributed by atoms with Crippen molar-refractivity contribution in [3.05, 3.63) is 52.3 Å². The zero-order valence-electron chi connectivity index (χ0n) is 10.3.